The standard InChI is InChI=1S/C15H19NO2.C8H13NO2/c1-15-8-5-9-18-13(15)11-16(14(15)17)10-12-6-3-2-4-7-12;1-8-3-2-4-11-6(8)5-9-7(8)10/h2-4,6-7,13H,5,8-11H2,1H3;6H,2-5H2,1H3,(H,9,10). The lowest BCUT2D eigenvalue weighted by molar-refractivity contribution is -0.141. The van der Waals surface area contributed by atoms with Crippen molar-refractivity contribution in [1.82, 2.24) is 10.2 Å². The van der Waals surface area contributed by atoms with Gasteiger partial charge in [-0.2, -0.15) is 0 Å². The molecule has 1 N–H and O–H groups in total. The van der Waals surface area contributed by atoms with E-state index in [2.05, 4.69) is 24.4 Å². The smallest absolute Gasteiger partial charge is 0.231 e. The van der Waals surface area contributed by atoms with Gasteiger partial charge in [0, 0.05) is 32.8 Å². The van der Waals surface area contributed by atoms with Gasteiger partial charge in [0.15, 0.2) is 0 Å². The third kappa shape index (κ3) is 3.80. The molecule has 6 heteroatoms. The van der Waals surface area contributed by atoms with Crippen molar-refractivity contribution in [3.8, 4) is 0 Å². The van der Waals surface area contributed by atoms with Gasteiger partial charge in [-0.15, -0.1) is 0 Å². The largest absolute Gasteiger partial charge is 0.375 e. The SMILES string of the molecule is CC12CCCOC1CN(Cc1ccccc1)C2=O.CC12CCCOC1CNC2=O. The Bertz CT molecular complexity index is 755. The number of carbonyl (C=O) groups excluding carboxylic acids is 2. The van der Waals surface area contributed by atoms with Gasteiger partial charge in [-0.05, 0) is 45.1 Å². The van der Waals surface area contributed by atoms with Crippen LogP contribution >= 0.6 is 0 Å². The van der Waals surface area contributed by atoms with Gasteiger partial charge in [-0.25, -0.2) is 0 Å². The molecule has 4 unspecified atom stereocenters. The second-order valence-electron chi connectivity index (χ2n) is 9.14. The summed E-state index contributed by atoms with van der Waals surface area (Å²) < 4.78 is 11.3. The zero-order valence-corrected chi connectivity index (χ0v) is 17.5. The number of hydrogen-bond donors (Lipinski definition) is 1. The molecule has 4 saturated heterocycles. The number of amides is 2. The van der Waals surface area contributed by atoms with E-state index in [9.17, 15) is 9.59 Å². The van der Waals surface area contributed by atoms with E-state index >= 15 is 0 Å². The van der Waals surface area contributed by atoms with Crippen LogP contribution < -0.4 is 5.32 Å². The summed E-state index contributed by atoms with van der Waals surface area (Å²) in [6, 6.07) is 10.2. The number of fused-ring (bicyclic) bond motifs is 2. The van der Waals surface area contributed by atoms with E-state index in [1.165, 1.54) is 5.56 Å². The number of carbonyl (C=O) groups is 2. The summed E-state index contributed by atoms with van der Waals surface area (Å²) in [5, 5.41) is 2.84. The number of rotatable bonds is 2. The molecule has 0 bridgehead atoms. The summed E-state index contributed by atoms with van der Waals surface area (Å²) >= 11 is 0. The first-order chi connectivity index (χ1) is 13.9. The molecule has 4 aliphatic rings. The lowest BCUT2D eigenvalue weighted by Gasteiger charge is -2.32. The minimum atomic E-state index is -0.285. The molecule has 6 nitrogen and oxygen atoms in total. The van der Waals surface area contributed by atoms with Crippen LogP contribution in [0, 0.1) is 10.8 Å². The molecule has 0 radical (unpaired) electrons. The normalized spacial score (nSPS) is 36.0. The summed E-state index contributed by atoms with van der Waals surface area (Å²) in [5.74, 6) is 0.429. The zero-order chi connectivity index (χ0) is 20.5. The van der Waals surface area contributed by atoms with Crippen LogP contribution in [0.4, 0.5) is 0 Å². The zero-order valence-electron chi connectivity index (χ0n) is 17.5. The molecule has 4 heterocycles. The molecule has 2 amide bonds. The van der Waals surface area contributed by atoms with Gasteiger partial charge in [0.05, 0.1) is 23.0 Å². The highest BCUT2D eigenvalue weighted by molar-refractivity contribution is 5.86. The van der Waals surface area contributed by atoms with Crippen LogP contribution in [0.3, 0.4) is 0 Å². The van der Waals surface area contributed by atoms with Crippen molar-refractivity contribution >= 4 is 11.8 Å². The third-order valence-corrected chi connectivity index (χ3v) is 7.09. The quantitative estimate of drug-likeness (QED) is 0.828. The average Bonchev–Trinajstić information content (AvgIpc) is 3.17. The Morgan fingerprint density at radius 3 is 2.31 bits per heavy atom. The molecule has 0 aliphatic carbocycles. The van der Waals surface area contributed by atoms with Crippen LogP contribution in [-0.4, -0.2) is 55.2 Å². The summed E-state index contributed by atoms with van der Waals surface area (Å²) in [4.78, 5) is 25.8. The van der Waals surface area contributed by atoms with Crippen LogP contribution in [0.2, 0.25) is 0 Å². The fourth-order valence-electron chi connectivity index (χ4n) is 5.03. The van der Waals surface area contributed by atoms with Crippen molar-refractivity contribution in [1.29, 1.82) is 0 Å². The maximum absolute atomic E-state index is 12.5. The number of benzene rings is 1. The molecule has 158 valence electrons. The lowest BCUT2D eigenvalue weighted by atomic mass is 9.80. The third-order valence-electron chi connectivity index (χ3n) is 7.09. The molecule has 0 spiro atoms. The lowest BCUT2D eigenvalue weighted by Crippen LogP contribution is -2.40. The van der Waals surface area contributed by atoms with E-state index in [-0.39, 0.29) is 34.9 Å². The van der Waals surface area contributed by atoms with E-state index in [1.807, 2.05) is 30.0 Å². The molecule has 1 aromatic rings. The summed E-state index contributed by atoms with van der Waals surface area (Å²) in [7, 11) is 0. The predicted octanol–water partition coefficient (Wildman–Crippen LogP) is 2.52. The van der Waals surface area contributed by atoms with Gasteiger partial charge in [-0.1, -0.05) is 30.3 Å². The average molecular weight is 401 g/mol. The van der Waals surface area contributed by atoms with Crippen molar-refractivity contribution in [2.75, 3.05) is 26.3 Å². The molecular weight excluding hydrogens is 368 g/mol. The highest BCUT2D eigenvalue weighted by Crippen LogP contribution is 2.41. The Hall–Kier alpha value is -1.92. The summed E-state index contributed by atoms with van der Waals surface area (Å²) in [6.07, 6.45) is 4.16. The predicted molar refractivity (Wildman–Crippen MR) is 109 cm³/mol. The van der Waals surface area contributed by atoms with Crippen LogP contribution in [0.15, 0.2) is 30.3 Å². The molecular formula is C23H32N2O4. The Labute approximate surface area is 172 Å². The Kier molecular flexibility index (Phi) is 5.67. The first-order valence-electron chi connectivity index (χ1n) is 10.8. The van der Waals surface area contributed by atoms with Crippen molar-refractivity contribution in [3.05, 3.63) is 35.9 Å². The Balaban J connectivity index is 0.000000159. The molecule has 5 rings (SSSR count). The summed E-state index contributed by atoms with van der Waals surface area (Å²) in [6.45, 7) is 7.82. The molecule has 1 aromatic carbocycles. The molecule has 4 atom stereocenters. The Morgan fingerprint density at radius 1 is 1.00 bits per heavy atom. The number of nitrogens with one attached hydrogen (secondary N) is 1. The van der Waals surface area contributed by atoms with Crippen molar-refractivity contribution < 1.29 is 19.1 Å². The van der Waals surface area contributed by atoms with Crippen LogP contribution in [0.25, 0.3) is 0 Å². The first kappa shape index (κ1) is 20.4. The maximum atomic E-state index is 12.5. The highest BCUT2D eigenvalue weighted by Gasteiger charge is 2.52. The van der Waals surface area contributed by atoms with E-state index in [0.717, 1.165) is 45.4 Å². The van der Waals surface area contributed by atoms with Crippen LogP contribution in [0.5, 0.6) is 0 Å². The number of likely N-dealkylation sites (tertiary alicyclic amines) is 1. The number of ether oxygens (including phenoxy) is 2. The molecule has 29 heavy (non-hydrogen) atoms. The number of hydrogen-bond acceptors (Lipinski definition) is 4. The fraction of sp³-hybridized carbons (Fsp3) is 0.652. The fourth-order valence-corrected chi connectivity index (χ4v) is 5.03. The second-order valence-corrected chi connectivity index (χ2v) is 9.14. The molecule has 0 saturated carbocycles. The van der Waals surface area contributed by atoms with Gasteiger partial charge in [0.2, 0.25) is 11.8 Å². The topological polar surface area (TPSA) is 67.9 Å². The molecule has 0 aromatic heterocycles. The van der Waals surface area contributed by atoms with Crippen LogP contribution in [-0.2, 0) is 25.6 Å². The monoisotopic (exact) mass is 400 g/mol. The minimum absolute atomic E-state index is 0.0856. The van der Waals surface area contributed by atoms with E-state index in [0.29, 0.717) is 13.1 Å². The minimum Gasteiger partial charge on any atom is -0.375 e. The van der Waals surface area contributed by atoms with E-state index in [4.69, 9.17) is 9.47 Å². The van der Waals surface area contributed by atoms with E-state index in [1.54, 1.807) is 0 Å². The van der Waals surface area contributed by atoms with Gasteiger partial charge < -0.3 is 19.7 Å². The van der Waals surface area contributed by atoms with Crippen LogP contribution in [0.1, 0.15) is 45.1 Å². The maximum Gasteiger partial charge on any atom is 0.231 e. The summed E-state index contributed by atoms with van der Waals surface area (Å²) in [5.41, 5.74) is 0.679. The van der Waals surface area contributed by atoms with Gasteiger partial charge in [-0.3, -0.25) is 9.59 Å². The second kappa shape index (κ2) is 8.07. The molecule has 4 aliphatic heterocycles. The van der Waals surface area contributed by atoms with Crippen molar-refractivity contribution in [2.45, 2.75) is 58.3 Å². The van der Waals surface area contributed by atoms with Crippen molar-refractivity contribution in [2.24, 2.45) is 10.8 Å². The van der Waals surface area contributed by atoms with Gasteiger partial charge in [0.25, 0.3) is 0 Å². The van der Waals surface area contributed by atoms with Crippen molar-refractivity contribution in [3.63, 3.8) is 0 Å². The van der Waals surface area contributed by atoms with Gasteiger partial charge >= 0.3 is 0 Å². The van der Waals surface area contributed by atoms with E-state index < -0.39 is 0 Å². The highest BCUT2D eigenvalue weighted by atomic mass is 16.5. The number of nitrogens with zero attached hydrogens (tertiary/aromatic N) is 1. The molecule has 4 fully saturated rings. The van der Waals surface area contributed by atoms with Gasteiger partial charge in [0.1, 0.15) is 0 Å². The first-order valence-corrected chi connectivity index (χ1v) is 10.8. The Morgan fingerprint density at radius 2 is 1.66 bits per heavy atom.